The molecule has 1 atom stereocenters. The van der Waals surface area contributed by atoms with Crippen molar-refractivity contribution in [1.29, 1.82) is 0 Å². The molecule has 1 saturated heterocycles. The smallest absolute Gasteiger partial charge is 0.320 e. The molecule has 0 saturated carbocycles. The van der Waals surface area contributed by atoms with Crippen LogP contribution in [0.2, 0.25) is 0 Å². The summed E-state index contributed by atoms with van der Waals surface area (Å²) in [7, 11) is 5.82. The van der Waals surface area contributed by atoms with E-state index in [1.807, 2.05) is 32.1 Å². The molecule has 146 valence electrons. The molecule has 8 nitrogen and oxygen atoms in total. The van der Waals surface area contributed by atoms with E-state index in [0.717, 1.165) is 31.6 Å². The molecule has 2 rings (SSSR count). The van der Waals surface area contributed by atoms with Crippen molar-refractivity contribution in [3.05, 3.63) is 11.8 Å². The van der Waals surface area contributed by atoms with Crippen LogP contribution in [0, 0.1) is 0 Å². The third kappa shape index (κ3) is 5.45. The molecule has 0 aromatic carbocycles. The molecule has 0 unspecified atom stereocenters. The van der Waals surface area contributed by atoms with Crippen molar-refractivity contribution < 1.29 is 9.59 Å². The normalized spacial score (nSPS) is 17.4. The Kier molecular flexibility index (Phi) is 7.02. The predicted octanol–water partition coefficient (Wildman–Crippen LogP) is 1.61. The molecule has 2 heterocycles. The molecule has 0 spiro atoms. The molecule has 1 aliphatic heterocycles. The third-order valence-corrected chi connectivity index (χ3v) is 4.74. The van der Waals surface area contributed by atoms with Crippen LogP contribution in [-0.4, -0.2) is 71.3 Å². The Bertz CT molecular complexity index is 625. The maximum absolute atomic E-state index is 12.1. The van der Waals surface area contributed by atoms with E-state index >= 15 is 0 Å². The topological polar surface area (TPSA) is 82.5 Å². The molecule has 2 N–H and O–H groups in total. The second-order valence-electron chi connectivity index (χ2n) is 7.49. The summed E-state index contributed by atoms with van der Waals surface area (Å²) in [5.74, 6) is 1.21. The van der Waals surface area contributed by atoms with Crippen LogP contribution < -0.4 is 10.6 Å². The maximum atomic E-state index is 12.1. The number of anilines is 1. The molecule has 1 aromatic rings. The molecule has 26 heavy (non-hydrogen) atoms. The number of rotatable bonds is 8. The zero-order valence-corrected chi connectivity index (χ0v) is 16.6. The molecular weight excluding hydrogens is 332 g/mol. The van der Waals surface area contributed by atoms with Gasteiger partial charge in [-0.15, -0.1) is 0 Å². The number of nitrogens with one attached hydrogen (secondary N) is 2. The van der Waals surface area contributed by atoms with Crippen LogP contribution in [0.15, 0.2) is 6.07 Å². The molecule has 8 heteroatoms. The summed E-state index contributed by atoms with van der Waals surface area (Å²) in [5, 5.41) is 10.1. The van der Waals surface area contributed by atoms with Gasteiger partial charge in [0.1, 0.15) is 5.82 Å². The highest BCUT2D eigenvalue weighted by Gasteiger charge is 2.30. The van der Waals surface area contributed by atoms with Gasteiger partial charge < -0.3 is 15.1 Å². The summed E-state index contributed by atoms with van der Waals surface area (Å²) in [6.07, 6.45) is 2.25. The number of carbonyl (C=O) groups excluding carboxylic acids is 2. The Labute approximate surface area is 155 Å². The number of likely N-dealkylation sites (tertiary alicyclic amines) is 1. The minimum absolute atomic E-state index is 0.215. The van der Waals surface area contributed by atoms with E-state index in [2.05, 4.69) is 34.5 Å². The van der Waals surface area contributed by atoms with Gasteiger partial charge in [-0.1, -0.05) is 13.8 Å². The molecule has 1 aliphatic rings. The van der Waals surface area contributed by atoms with Crippen molar-refractivity contribution in [3.63, 3.8) is 0 Å². The molecule has 0 bridgehead atoms. The first-order valence-corrected chi connectivity index (χ1v) is 9.31. The van der Waals surface area contributed by atoms with Crippen molar-refractivity contribution in [2.75, 3.05) is 39.0 Å². The van der Waals surface area contributed by atoms with Crippen molar-refractivity contribution >= 4 is 17.8 Å². The Balaban J connectivity index is 1.78. The summed E-state index contributed by atoms with van der Waals surface area (Å²) in [6.45, 7) is 6.27. The standard InChI is InChI=1S/C18H32N6O2/c1-13(2)15-12-16(23(5)21-15)20-18(26)19-9-8-14-6-7-17(25)24(14)11-10-22(3)4/h12-14H,6-11H2,1-5H3,(H2,19,20,26)/t14-/m0/s1. The first-order chi connectivity index (χ1) is 12.3. The molecular formula is C18H32N6O2. The van der Waals surface area contributed by atoms with E-state index in [4.69, 9.17) is 0 Å². The first-order valence-electron chi connectivity index (χ1n) is 9.31. The van der Waals surface area contributed by atoms with Crippen LogP contribution in [0.4, 0.5) is 10.6 Å². The average Bonchev–Trinajstić information content (AvgIpc) is 3.09. The SMILES string of the molecule is CC(C)c1cc(NC(=O)NCC[C@@H]2CCC(=O)N2CCN(C)C)n(C)n1. The van der Waals surface area contributed by atoms with Gasteiger partial charge in [-0.2, -0.15) is 5.10 Å². The van der Waals surface area contributed by atoms with E-state index in [9.17, 15) is 9.59 Å². The molecule has 0 radical (unpaired) electrons. The van der Waals surface area contributed by atoms with Gasteiger partial charge in [-0.05, 0) is 32.9 Å². The van der Waals surface area contributed by atoms with Gasteiger partial charge >= 0.3 is 6.03 Å². The lowest BCUT2D eigenvalue weighted by molar-refractivity contribution is -0.129. The van der Waals surface area contributed by atoms with Crippen LogP contribution in [0.5, 0.6) is 0 Å². The average molecular weight is 364 g/mol. The van der Waals surface area contributed by atoms with E-state index in [1.54, 1.807) is 4.68 Å². The minimum atomic E-state index is -0.243. The number of amides is 3. The number of urea groups is 1. The van der Waals surface area contributed by atoms with Gasteiger partial charge in [-0.3, -0.25) is 14.8 Å². The highest BCUT2D eigenvalue weighted by atomic mass is 16.2. The Morgan fingerprint density at radius 2 is 2.15 bits per heavy atom. The van der Waals surface area contributed by atoms with Crippen LogP contribution in [0.1, 0.15) is 44.7 Å². The fraction of sp³-hybridized carbons (Fsp3) is 0.722. The van der Waals surface area contributed by atoms with Crippen molar-refractivity contribution in [2.24, 2.45) is 7.05 Å². The maximum Gasteiger partial charge on any atom is 0.320 e. The Morgan fingerprint density at radius 3 is 2.77 bits per heavy atom. The number of aryl methyl sites for hydroxylation is 1. The zero-order chi connectivity index (χ0) is 19.3. The Hall–Kier alpha value is -2.09. The summed E-state index contributed by atoms with van der Waals surface area (Å²) >= 11 is 0. The van der Waals surface area contributed by atoms with E-state index in [-0.39, 0.29) is 18.0 Å². The van der Waals surface area contributed by atoms with Gasteiger partial charge in [0.2, 0.25) is 5.91 Å². The van der Waals surface area contributed by atoms with Gasteiger partial charge in [0.25, 0.3) is 0 Å². The largest absolute Gasteiger partial charge is 0.338 e. The number of aromatic nitrogens is 2. The van der Waals surface area contributed by atoms with E-state index in [0.29, 0.717) is 24.7 Å². The summed E-state index contributed by atoms with van der Waals surface area (Å²) in [6, 6.07) is 1.86. The molecule has 1 fully saturated rings. The van der Waals surface area contributed by atoms with E-state index < -0.39 is 0 Å². The molecule has 3 amide bonds. The lowest BCUT2D eigenvalue weighted by Gasteiger charge is -2.26. The second-order valence-corrected chi connectivity index (χ2v) is 7.49. The number of hydrogen-bond donors (Lipinski definition) is 2. The van der Waals surface area contributed by atoms with Crippen molar-refractivity contribution in [1.82, 2.24) is 24.9 Å². The van der Waals surface area contributed by atoms with Gasteiger partial charge in [0, 0.05) is 45.2 Å². The monoisotopic (exact) mass is 364 g/mol. The van der Waals surface area contributed by atoms with E-state index in [1.165, 1.54) is 0 Å². The lowest BCUT2D eigenvalue weighted by atomic mass is 10.1. The van der Waals surface area contributed by atoms with Gasteiger partial charge in [0.15, 0.2) is 0 Å². The van der Waals surface area contributed by atoms with Gasteiger partial charge in [-0.25, -0.2) is 4.79 Å². The number of nitrogens with zero attached hydrogens (tertiary/aromatic N) is 4. The number of likely N-dealkylation sites (N-methyl/N-ethyl adjacent to an activating group) is 1. The fourth-order valence-corrected chi connectivity index (χ4v) is 3.11. The molecule has 0 aliphatic carbocycles. The quantitative estimate of drug-likeness (QED) is 0.734. The van der Waals surface area contributed by atoms with Crippen LogP contribution in [-0.2, 0) is 11.8 Å². The summed E-state index contributed by atoms with van der Waals surface area (Å²) < 4.78 is 1.67. The first kappa shape index (κ1) is 20.2. The Morgan fingerprint density at radius 1 is 1.42 bits per heavy atom. The minimum Gasteiger partial charge on any atom is -0.338 e. The highest BCUT2D eigenvalue weighted by molar-refractivity contribution is 5.88. The van der Waals surface area contributed by atoms with Crippen LogP contribution >= 0.6 is 0 Å². The second kappa shape index (κ2) is 9.02. The van der Waals surface area contributed by atoms with Crippen LogP contribution in [0.3, 0.4) is 0 Å². The summed E-state index contributed by atoms with van der Waals surface area (Å²) in [5.41, 5.74) is 0.948. The summed E-state index contributed by atoms with van der Waals surface area (Å²) in [4.78, 5) is 28.2. The fourth-order valence-electron chi connectivity index (χ4n) is 3.11. The number of carbonyl (C=O) groups is 2. The van der Waals surface area contributed by atoms with Crippen LogP contribution in [0.25, 0.3) is 0 Å². The number of hydrogen-bond acceptors (Lipinski definition) is 4. The third-order valence-electron chi connectivity index (χ3n) is 4.74. The van der Waals surface area contributed by atoms with Crippen molar-refractivity contribution in [2.45, 2.75) is 45.1 Å². The van der Waals surface area contributed by atoms with Gasteiger partial charge in [0.05, 0.1) is 5.69 Å². The highest BCUT2D eigenvalue weighted by Crippen LogP contribution is 2.21. The van der Waals surface area contributed by atoms with Crippen molar-refractivity contribution in [3.8, 4) is 0 Å². The lowest BCUT2D eigenvalue weighted by Crippen LogP contribution is -2.40. The predicted molar refractivity (Wildman–Crippen MR) is 102 cm³/mol. The zero-order valence-electron chi connectivity index (χ0n) is 16.6. The molecule has 1 aromatic heterocycles.